The number of unbranched alkanes of at least 4 members (excludes halogenated alkanes) is 6. The first-order valence-corrected chi connectivity index (χ1v) is 9.09. The summed E-state index contributed by atoms with van der Waals surface area (Å²) in [5, 5.41) is 0. The molecule has 1 unspecified atom stereocenters. The van der Waals surface area contributed by atoms with Crippen molar-refractivity contribution in [2.24, 2.45) is 0 Å². The van der Waals surface area contributed by atoms with Gasteiger partial charge in [0.2, 0.25) is 0 Å². The van der Waals surface area contributed by atoms with E-state index in [4.69, 9.17) is 4.52 Å². The van der Waals surface area contributed by atoms with E-state index in [1.165, 1.54) is 32.1 Å². The molecule has 0 amide bonds. The maximum absolute atomic E-state index is 12.0. The molecule has 0 heterocycles. The monoisotopic (exact) mass is 248 g/mol. The summed E-state index contributed by atoms with van der Waals surface area (Å²) in [6.45, 7) is 6.80. The lowest BCUT2D eigenvalue weighted by Gasteiger charge is -2.13. The summed E-state index contributed by atoms with van der Waals surface area (Å²) in [6, 6.07) is 0. The van der Waals surface area contributed by atoms with E-state index in [-0.39, 0.29) is 0 Å². The zero-order chi connectivity index (χ0) is 12.3. The van der Waals surface area contributed by atoms with Crippen LogP contribution in [-0.2, 0) is 9.09 Å². The van der Waals surface area contributed by atoms with Crippen molar-refractivity contribution in [3.8, 4) is 0 Å². The summed E-state index contributed by atoms with van der Waals surface area (Å²) in [5.74, 6) is 0. The quantitative estimate of drug-likeness (QED) is 0.377. The number of hydrogen-bond acceptors (Lipinski definition) is 2. The fraction of sp³-hybridized carbons (Fsp3) is 1.00. The van der Waals surface area contributed by atoms with E-state index in [0.717, 1.165) is 25.4 Å². The van der Waals surface area contributed by atoms with Gasteiger partial charge in [-0.1, -0.05) is 52.4 Å². The average molecular weight is 248 g/mol. The lowest BCUT2D eigenvalue weighted by atomic mass is 10.1. The highest BCUT2D eigenvalue weighted by atomic mass is 31.2. The molecular weight excluding hydrogens is 219 g/mol. The lowest BCUT2D eigenvalue weighted by molar-refractivity contribution is 0.308. The van der Waals surface area contributed by atoms with Gasteiger partial charge in [0.05, 0.1) is 6.61 Å². The van der Waals surface area contributed by atoms with Crippen molar-refractivity contribution in [1.82, 2.24) is 0 Å². The van der Waals surface area contributed by atoms with Crippen molar-refractivity contribution in [3.05, 3.63) is 0 Å². The van der Waals surface area contributed by atoms with Crippen molar-refractivity contribution in [1.29, 1.82) is 0 Å². The van der Waals surface area contributed by atoms with Gasteiger partial charge in [-0.25, -0.2) is 0 Å². The molecule has 98 valence electrons. The molecule has 0 aromatic heterocycles. The Morgan fingerprint density at radius 3 is 2.06 bits per heavy atom. The van der Waals surface area contributed by atoms with Crippen LogP contribution in [0, 0.1) is 0 Å². The summed E-state index contributed by atoms with van der Waals surface area (Å²) in [5.41, 5.74) is 0. The van der Waals surface area contributed by atoms with Crippen LogP contribution in [0.1, 0.15) is 65.2 Å². The molecule has 0 aliphatic heterocycles. The first-order valence-electron chi connectivity index (χ1n) is 6.83. The number of rotatable bonds is 11. The largest absolute Gasteiger partial charge is 0.329 e. The maximum Gasteiger partial charge on any atom is 0.200 e. The van der Waals surface area contributed by atoms with E-state index >= 15 is 0 Å². The molecule has 2 nitrogen and oxygen atoms in total. The molecule has 0 rings (SSSR count). The van der Waals surface area contributed by atoms with E-state index in [1.54, 1.807) is 6.66 Å². The smallest absolute Gasteiger partial charge is 0.200 e. The van der Waals surface area contributed by atoms with Gasteiger partial charge in [-0.05, 0) is 12.8 Å². The molecule has 0 N–H and O–H groups in total. The second-order valence-electron chi connectivity index (χ2n) is 4.69. The highest BCUT2D eigenvalue weighted by Gasteiger charge is 2.14. The predicted octanol–water partition coefficient (Wildman–Crippen LogP) is 5.07. The molecule has 3 heteroatoms. The fourth-order valence-electron chi connectivity index (χ4n) is 1.65. The molecule has 0 bridgehead atoms. The van der Waals surface area contributed by atoms with Crippen LogP contribution in [0.5, 0.6) is 0 Å². The van der Waals surface area contributed by atoms with Crippen LogP contribution in [0.4, 0.5) is 0 Å². The van der Waals surface area contributed by atoms with Crippen LogP contribution in [0.15, 0.2) is 0 Å². The Hall–Kier alpha value is 0.190. The Labute approximate surface area is 102 Å². The predicted molar refractivity (Wildman–Crippen MR) is 72.6 cm³/mol. The third-order valence-electron chi connectivity index (χ3n) is 2.78. The van der Waals surface area contributed by atoms with Crippen LogP contribution >= 0.6 is 7.37 Å². The molecule has 0 saturated carbocycles. The van der Waals surface area contributed by atoms with Gasteiger partial charge in [0.1, 0.15) is 0 Å². The summed E-state index contributed by atoms with van der Waals surface area (Å²) < 4.78 is 17.4. The molecule has 0 spiro atoms. The molecule has 0 aromatic carbocycles. The highest BCUT2D eigenvalue weighted by molar-refractivity contribution is 7.58. The number of hydrogen-bond donors (Lipinski definition) is 0. The Bertz CT molecular complexity index is 192. The zero-order valence-electron chi connectivity index (χ0n) is 11.3. The standard InChI is InChI=1S/C13H29O2P/c1-4-6-8-9-10-11-13-16(3,14)15-12-7-5-2/h4-13H2,1-3H3. The van der Waals surface area contributed by atoms with E-state index in [9.17, 15) is 4.57 Å². The molecule has 1 atom stereocenters. The third-order valence-corrected chi connectivity index (χ3v) is 4.64. The van der Waals surface area contributed by atoms with Gasteiger partial charge in [0.25, 0.3) is 0 Å². The maximum atomic E-state index is 12.0. The van der Waals surface area contributed by atoms with Crippen molar-refractivity contribution < 1.29 is 9.09 Å². The minimum absolute atomic E-state index is 0.667. The first-order chi connectivity index (χ1) is 7.62. The molecule has 0 aromatic rings. The van der Waals surface area contributed by atoms with Gasteiger partial charge in [-0.2, -0.15) is 0 Å². The van der Waals surface area contributed by atoms with Gasteiger partial charge in [-0.15, -0.1) is 0 Å². The molecule has 16 heavy (non-hydrogen) atoms. The summed E-state index contributed by atoms with van der Waals surface area (Å²) in [7, 11) is -2.28. The Balaban J connectivity index is 3.39. The van der Waals surface area contributed by atoms with Gasteiger partial charge in [-0.3, -0.25) is 4.57 Å². The average Bonchev–Trinajstić information content (AvgIpc) is 2.23. The fourth-order valence-corrected chi connectivity index (χ4v) is 3.09. The normalized spacial score (nSPS) is 14.9. The van der Waals surface area contributed by atoms with Crippen LogP contribution < -0.4 is 0 Å². The minimum Gasteiger partial charge on any atom is -0.329 e. The van der Waals surface area contributed by atoms with Crippen LogP contribution in [-0.4, -0.2) is 19.4 Å². The molecule has 0 saturated heterocycles. The van der Waals surface area contributed by atoms with Crippen molar-refractivity contribution in [2.75, 3.05) is 19.4 Å². The Morgan fingerprint density at radius 2 is 1.44 bits per heavy atom. The van der Waals surface area contributed by atoms with Gasteiger partial charge >= 0.3 is 0 Å². The molecule has 0 aliphatic carbocycles. The van der Waals surface area contributed by atoms with Crippen LogP contribution in [0.25, 0.3) is 0 Å². The van der Waals surface area contributed by atoms with E-state index < -0.39 is 7.37 Å². The van der Waals surface area contributed by atoms with E-state index in [1.807, 2.05) is 0 Å². The van der Waals surface area contributed by atoms with Crippen molar-refractivity contribution >= 4 is 7.37 Å². The zero-order valence-corrected chi connectivity index (χ0v) is 12.2. The second-order valence-corrected chi connectivity index (χ2v) is 7.43. The molecule has 0 aliphatic rings. The van der Waals surface area contributed by atoms with Crippen LogP contribution in [0.2, 0.25) is 0 Å². The van der Waals surface area contributed by atoms with Gasteiger partial charge in [0.15, 0.2) is 7.37 Å². The SMILES string of the molecule is CCCCCCCCP(C)(=O)OCCCC. The molecule has 0 radical (unpaired) electrons. The molecule has 0 fully saturated rings. The summed E-state index contributed by atoms with van der Waals surface area (Å²) in [6.07, 6.45) is 10.4. The van der Waals surface area contributed by atoms with Gasteiger partial charge < -0.3 is 4.52 Å². The highest BCUT2D eigenvalue weighted by Crippen LogP contribution is 2.43. The van der Waals surface area contributed by atoms with E-state index in [0.29, 0.717) is 6.61 Å². The van der Waals surface area contributed by atoms with Gasteiger partial charge in [0, 0.05) is 12.8 Å². The molecular formula is C13H29O2P. The summed E-state index contributed by atoms with van der Waals surface area (Å²) in [4.78, 5) is 0. The Kier molecular flexibility index (Phi) is 10.5. The van der Waals surface area contributed by atoms with Crippen molar-refractivity contribution in [2.45, 2.75) is 65.2 Å². The third kappa shape index (κ3) is 10.7. The first kappa shape index (κ1) is 16.2. The topological polar surface area (TPSA) is 26.3 Å². The van der Waals surface area contributed by atoms with E-state index in [2.05, 4.69) is 13.8 Å². The van der Waals surface area contributed by atoms with Crippen molar-refractivity contribution in [3.63, 3.8) is 0 Å². The lowest BCUT2D eigenvalue weighted by Crippen LogP contribution is -1.96. The Morgan fingerprint density at radius 1 is 0.875 bits per heavy atom. The summed E-state index contributed by atoms with van der Waals surface area (Å²) >= 11 is 0. The van der Waals surface area contributed by atoms with Crippen LogP contribution in [0.3, 0.4) is 0 Å². The second kappa shape index (κ2) is 10.4. The minimum atomic E-state index is -2.28.